The van der Waals surface area contributed by atoms with Crippen LogP contribution in [0, 0.1) is 24.6 Å². The van der Waals surface area contributed by atoms with E-state index < -0.39 is 41.9 Å². The highest BCUT2D eigenvalue weighted by Crippen LogP contribution is 2.40. The average Bonchev–Trinajstić information content (AvgIpc) is 3.29. The molecule has 5 rings (SSSR count). The number of aryl methyl sites for hydroxylation is 1. The van der Waals surface area contributed by atoms with Crippen LogP contribution in [-0.2, 0) is 6.18 Å². The molecular weight excluding hydrogens is 499 g/mol. The van der Waals surface area contributed by atoms with Crippen LogP contribution in [0.25, 0.3) is 5.65 Å². The van der Waals surface area contributed by atoms with Crippen LogP contribution in [0.4, 0.5) is 42.5 Å². The summed E-state index contributed by atoms with van der Waals surface area (Å²) in [7, 11) is 0. The second kappa shape index (κ2) is 8.62. The zero-order valence-electron chi connectivity index (χ0n) is 18.7. The number of nitrogens with zero attached hydrogens (tertiary/aromatic N) is 6. The summed E-state index contributed by atoms with van der Waals surface area (Å²) in [6.07, 6.45) is -6.83. The van der Waals surface area contributed by atoms with E-state index in [1.165, 1.54) is 0 Å². The van der Waals surface area contributed by atoms with Crippen LogP contribution in [0.5, 0.6) is 5.75 Å². The summed E-state index contributed by atoms with van der Waals surface area (Å²) in [4.78, 5) is 13.9. The van der Waals surface area contributed by atoms with E-state index >= 15 is 0 Å². The Balaban J connectivity index is 1.41. The van der Waals surface area contributed by atoms with E-state index in [1.807, 2.05) is 4.90 Å². The van der Waals surface area contributed by atoms with Crippen molar-refractivity contribution in [1.82, 2.24) is 24.6 Å². The normalized spacial score (nSPS) is 22.3. The number of hydrogen-bond acceptors (Lipinski definition) is 7. The summed E-state index contributed by atoms with van der Waals surface area (Å²) in [6, 6.07) is 1.17. The van der Waals surface area contributed by atoms with E-state index in [4.69, 9.17) is 4.74 Å². The number of ether oxygens (including phenoxy) is 1. The molecule has 15 heteroatoms. The number of nitrogens with one attached hydrogen (secondary N) is 1. The van der Waals surface area contributed by atoms with Crippen molar-refractivity contribution < 1.29 is 35.5 Å². The minimum absolute atomic E-state index is 0.00642. The molecule has 2 bridgehead atoms. The number of piperidine rings is 1. The molecule has 1 unspecified atom stereocenters. The van der Waals surface area contributed by atoms with E-state index in [-0.39, 0.29) is 29.6 Å². The second-order valence-electron chi connectivity index (χ2n) is 8.92. The molecule has 2 fully saturated rings. The van der Waals surface area contributed by atoms with Crippen molar-refractivity contribution in [3.63, 3.8) is 0 Å². The second-order valence-corrected chi connectivity index (χ2v) is 8.92. The van der Waals surface area contributed by atoms with Gasteiger partial charge in [-0.2, -0.15) is 31.3 Å². The highest BCUT2D eigenvalue weighted by Gasteiger charge is 2.44. The molecule has 4 heterocycles. The molecule has 3 aromatic heterocycles. The van der Waals surface area contributed by atoms with Crippen LogP contribution in [-0.4, -0.2) is 56.5 Å². The standard InChI is InChI=1S/C21H20F7N7O/c1-10-29-6-13(22)17(30-10)34-7-11-2-3-12(8-34)16(11)31-19-32-18-14(36-9-20(23,24)25)4-5-15(21(26,27)28)35(18)33-19/h4-6,11-12,16H,2-3,7-9H2,1H3,(H,31,33)/t11-,12+,16?. The summed E-state index contributed by atoms with van der Waals surface area (Å²) in [5.74, 6) is -0.571. The Morgan fingerprint density at radius 2 is 1.75 bits per heavy atom. The van der Waals surface area contributed by atoms with E-state index in [1.54, 1.807) is 6.92 Å². The van der Waals surface area contributed by atoms with Crippen LogP contribution in [0.2, 0.25) is 0 Å². The van der Waals surface area contributed by atoms with Gasteiger partial charge in [0.2, 0.25) is 5.95 Å². The molecular formula is C21H20F7N7O. The zero-order valence-corrected chi connectivity index (χ0v) is 18.7. The summed E-state index contributed by atoms with van der Waals surface area (Å²) >= 11 is 0. The number of hydrogen-bond donors (Lipinski definition) is 1. The Morgan fingerprint density at radius 3 is 2.39 bits per heavy atom. The van der Waals surface area contributed by atoms with Gasteiger partial charge in [-0.05, 0) is 43.7 Å². The fourth-order valence-electron chi connectivity index (χ4n) is 4.93. The van der Waals surface area contributed by atoms with Crippen molar-refractivity contribution in [1.29, 1.82) is 0 Å². The number of aromatic nitrogens is 5. The molecule has 3 aromatic rings. The van der Waals surface area contributed by atoms with Crippen molar-refractivity contribution >= 4 is 17.4 Å². The van der Waals surface area contributed by atoms with Gasteiger partial charge >= 0.3 is 12.4 Å². The van der Waals surface area contributed by atoms with Gasteiger partial charge in [0.25, 0.3) is 0 Å². The maximum absolute atomic E-state index is 14.3. The molecule has 8 nitrogen and oxygen atoms in total. The molecule has 36 heavy (non-hydrogen) atoms. The Labute approximate surface area is 199 Å². The highest BCUT2D eigenvalue weighted by atomic mass is 19.4. The number of rotatable bonds is 5. The van der Waals surface area contributed by atoms with Crippen molar-refractivity contribution in [3.8, 4) is 5.75 Å². The molecule has 0 spiro atoms. The first-order valence-electron chi connectivity index (χ1n) is 11.1. The Morgan fingerprint density at radius 1 is 1.06 bits per heavy atom. The molecule has 2 aliphatic rings. The first-order chi connectivity index (χ1) is 16.9. The van der Waals surface area contributed by atoms with Gasteiger partial charge in [0.15, 0.2) is 29.6 Å². The Hall–Kier alpha value is -3.39. The summed E-state index contributed by atoms with van der Waals surface area (Å²) in [5, 5.41) is 6.96. The van der Waals surface area contributed by atoms with Crippen LogP contribution in [0.3, 0.4) is 0 Å². The van der Waals surface area contributed by atoms with E-state index in [9.17, 15) is 30.7 Å². The van der Waals surface area contributed by atoms with Crippen LogP contribution < -0.4 is 15.0 Å². The zero-order chi connectivity index (χ0) is 25.8. The van der Waals surface area contributed by atoms with E-state index in [2.05, 4.69) is 25.4 Å². The Kier molecular flexibility index (Phi) is 5.82. The van der Waals surface area contributed by atoms with E-state index in [0.717, 1.165) is 25.1 Å². The van der Waals surface area contributed by atoms with Gasteiger partial charge in [-0.25, -0.2) is 18.9 Å². The third-order valence-corrected chi connectivity index (χ3v) is 6.41. The molecule has 0 radical (unpaired) electrons. The maximum Gasteiger partial charge on any atom is 0.433 e. The lowest BCUT2D eigenvalue weighted by Crippen LogP contribution is -2.48. The molecule has 1 N–H and O–H groups in total. The van der Waals surface area contributed by atoms with Crippen LogP contribution >= 0.6 is 0 Å². The monoisotopic (exact) mass is 519 g/mol. The smallest absolute Gasteiger partial charge is 0.433 e. The first-order valence-corrected chi connectivity index (χ1v) is 11.1. The number of fused-ring (bicyclic) bond motifs is 3. The molecule has 1 aliphatic heterocycles. The van der Waals surface area contributed by atoms with Crippen LogP contribution in [0.1, 0.15) is 24.4 Å². The lowest BCUT2D eigenvalue weighted by Gasteiger charge is -2.38. The van der Waals surface area contributed by atoms with Gasteiger partial charge in [-0.1, -0.05) is 0 Å². The van der Waals surface area contributed by atoms with E-state index in [0.29, 0.717) is 29.5 Å². The molecule has 1 saturated carbocycles. The van der Waals surface area contributed by atoms with Crippen molar-refractivity contribution in [2.75, 3.05) is 29.9 Å². The third kappa shape index (κ3) is 4.69. The summed E-state index contributed by atoms with van der Waals surface area (Å²) in [6.45, 7) is 0.861. The van der Waals surface area contributed by atoms with Gasteiger partial charge in [0.1, 0.15) is 11.5 Å². The molecule has 3 atom stereocenters. The Bertz CT molecular complexity index is 1260. The quantitative estimate of drug-likeness (QED) is 0.505. The van der Waals surface area contributed by atoms with Gasteiger partial charge in [-0.15, -0.1) is 5.10 Å². The molecule has 194 valence electrons. The number of anilines is 2. The summed E-state index contributed by atoms with van der Waals surface area (Å²) < 4.78 is 97.9. The van der Waals surface area contributed by atoms with Gasteiger partial charge in [-0.3, -0.25) is 0 Å². The number of alkyl halides is 6. The van der Waals surface area contributed by atoms with Gasteiger partial charge in [0.05, 0.1) is 6.20 Å². The number of halogens is 7. The average molecular weight is 519 g/mol. The summed E-state index contributed by atoms with van der Waals surface area (Å²) in [5.41, 5.74) is -1.69. The minimum atomic E-state index is -4.82. The highest BCUT2D eigenvalue weighted by molar-refractivity contribution is 5.57. The predicted octanol–water partition coefficient (Wildman–Crippen LogP) is 4.25. The predicted molar refractivity (Wildman–Crippen MR) is 112 cm³/mol. The lowest BCUT2D eigenvalue weighted by atomic mass is 9.92. The SMILES string of the molecule is Cc1ncc(F)c(N2C[C@H]3CC[C@@H](C2)C3Nc2nc3c(OCC(F)(F)F)ccc(C(F)(F)F)n3n2)n1. The largest absolute Gasteiger partial charge is 0.480 e. The topological polar surface area (TPSA) is 80.5 Å². The molecule has 0 aromatic carbocycles. The van der Waals surface area contributed by atoms with Crippen LogP contribution in [0.15, 0.2) is 18.3 Å². The minimum Gasteiger partial charge on any atom is -0.480 e. The van der Waals surface area contributed by atoms with Gasteiger partial charge < -0.3 is 15.0 Å². The maximum atomic E-state index is 14.3. The fraction of sp³-hybridized carbons (Fsp3) is 0.524. The fourth-order valence-corrected chi connectivity index (χ4v) is 4.93. The lowest BCUT2D eigenvalue weighted by molar-refractivity contribution is -0.153. The third-order valence-electron chi connectivity index (χ3n) is 6.41. The molecule has 1 aliphatic carbocycles. The van der Waals surface area contributed by atoms with Crippen molar-refractivity contribution in [2.24, 2.45) is 11.8 Å². The molecule has 1 saturated heterocycles. The number of pyridine rings is 1. The van der Waals surface area contributed by atoms with Crippen molar-refractivity contribution in [2.45, 2.75) is 38.2 Å². The van der Waals surface area contributed by atoms with Gasteiger partial charge in [0, 0.05) is 19.1 Å². The molecule has 0 amide bonds. The first kappa shape index (κ1) is 24.3. The van der Waals surface area contributed by atoms with Crippen molar-refractivity contribution in [3.05, 3.63) is 35.7 Å².